The summed E-state index contributed by atoms with van der Waals surface area (Å²) in [7, 11) is 0. The average Bonchev–Trinajstić information content (AvgIpc) is 3.18. The Labute approximate surface area is 135 Å². The van der Waals surface area contributed by atoms with Crippen LogP contribution < -0.4 is 5.32 Å². The SMILES string of the molecule is CC(C)(C)NC(=O)c1ccc(-n2ccnc2)c(-n2cccc2)c1. The fourth-order valence-electron chi connectivity index (χ4n) is 2.40. The van der Waals surface area contributed by atoms with Gasteiger partial charge in [0.1, 0.15) is 0 Å². The molecular formula is C18H20N4O. The molecule has 0 saturated carbocycles. The molecule has 0 atom stereocenters. The van der Waals surface area contributed by atoms with E-state index in [2.05, 4.69) is 10.3 Å². The Kier molecular flexibility index (Phi) is 3.78. The summed E-state index contributed by atoms with van der Waals surface area (Å²) in [4.78, 5) is 16.5. The third-order valence-electron chi connectivity index (χ3n) is 3.39. The lowest BCUT2D eigenvalue weighted by Crippen LogP contribution is -2.40. The molecule has 3 rings (SSSR count). The zero-order chi connectivity index (χ0) is 16.4. The fraction of sp³-hybridized carbons (Fsp3) is 0.222. The molecule has 2 aromatic heterocycles. The summed E-state index contributed by atoms with van der Waals surface area (Å²) in [6.07, 6.45) is 9.29. The van der Waals surface area contributed by atoms with Crippen LogP contribution in [0.1, 0.15) is 31.1 Å². The highest BCUT2D eigenvalue weighted by Crippen LogP contribution is 2.21. The molecule has 23 heavy (non-hydrogen) atoms. The molecule has 118 valence electrons. The first-order chi connectivity index (χ1) is 10.9. The quantitative estimate of drug-likeness (QED) is 0.808. The van der Waals surface area contributed by atoms with Gasteiger partial charge >= 0.3 is 0 Å². The Hall–Kier alpha value is -2.82. The summed E-state index contributed by atoms with van der Waals surface area (Å²) >= 11 is 0. The minimum Gasteiger partial charge on any atom is -0.347 e. The summed E-state index contributed by atoms with van der Waals surface area (Å²) < 4.78 is 3.92. The van der Waals surface area contributed by atoms with E-state index in [1.54, 1.807) is 12.5 Å². The van der Waals surface area contributed by atoms with Gasteiger partial charge < -0.3 is 14.5 Å². The number of nitrogens with zero attached hydrogens (tertiary/aromatic N) is 3. The molecule has 0 fully saturated rings. The highest BCUT2D eigenvalue weighted by molar-refractivity contribution is 5.95. The lowest BCUT2D eigenvalue weighted by Gasteiger charge is -2.21. The lowest BCUT2D eigenvalue weighted by atomic mass is 10.1. The molecule has 0 aliphatic rings. The number of imidazole rings is 1. The van der Waals surface area contributed by atoms with Crippen LogP contribution in [0.3, 0.4) is 0 Å². The van der Waals surface area contributed by atoms with Crippen LogP contribution >= 0.6 is 0 Å². The fourth-order valence-corrected chi connectivity index (χ4v) is 2.40. The molecular weight excluding hydrogens is 288 g/mol. The van der Waals surface area contributed by atoms with Crippen molar-refractivity contribution in [1.82, 2.24) is 19.4 Å². The van der Waals surface area contributed by atoms with Crippen LogP contribution in [0.25, 0.3) is 11.4 Å². The summed E-state index contributed by atoms with van der Waals surface area (Å²) in [5.74, 6) is -0.0805. The van der Waals surface area contributed by atoms with E-state index in [0.29, 0.717) is 5.56 Å². The molecule has 0 aliphatic heterocycles. The number of rotatable bonds is 3. The first kappa shape index (κ1) is 15.1. The summed E-state index contributed by atoms with van der Waals surface area (Å²) in [5, 5.41) is 2.99. The van der Waals surface area contributed by atoms with E-state index >= 15 is 0 Å². The van der Waals surface area contributed by atoms with Gasteiger partial charge in [-0.15, -0.1) is 0 Å². The van der Waals surface area contributed by atoms with Crippen LogP contribution in [0, 0.1) is 0 Å². The molecule has 1 N–H and O–H groups in total. The van der Waals surface area contributed by atoms with Crippen molar-refractivity contribution in [2.24, 2.45) is 0 Å². The lowest BCUT2D eigenvalue weighted by molar-refractivity contribution is 0.0919. The van der Waals surface area contributed by atoms with Gasteiger partial charge in [-0.2, -0.15) is 0 Å². The van der Waals surface area contributed by atoms with E-state index in [4.69, 9.17) is 0 Å². The van der Waals surface area contributed by atoms with E-state index in [-0.39, 0.29) is 11.4 Å². The van der Waals surface area contributed by atoms with Gasteiger partial charge in [0.25, 0.3) is 5.91 Å². The van der Waals surface area contributed by atoms with Crippen molar-refractivity contribution in [2.45, 2.75) is 26.3 Å². The monoisotopic (exact) mass is 308 g/mol. The molecule has 3 aromatic rings. The molecule has 0 spiro atoms. The van der Waals surface area contributed by atoms with E-state index in [9.17, 15) is 4.79 Å². The van der Waals surface area contributed by atoms with Crippen LogP contribution in [0.15, 0.2) is 61.4 Å². The van der Waals surface area contributed by atoms with Crippen LogP contribution in [0.2, 0.25) is 0 Å². The van der Waals surface area contributed by atoms with Crippen LogP contribution in [0.4, 0.5) is 0 Å². The number of carbonyl (C=O) groups is 1. The number of hydrogen-bond donors (Lipinski definition) is 1. The van der Waals surface area contributed by atoms with Gasteiger partial charge in [-0.25, -0.2) is 4.98 Å². The van der Waals surface area contributed by atoms with E-state index < -0.39 is 0 Å². The molecule has 0 saturated heterocycles. The Bertz CT molecular complexity index is 796. The van der Waals surface area contributed by atoms with Gasteiger partial charge in [0.05, 0.1) is 17.7 Å². The molecule has 5 nitrogen and oxygen atoms in total. The minimum atomic E-state index is -0.270. The van der Waals surface area contributed by atoms with Crippen molar-refractivity contribution in [3.63, 3.8) is 0 Å². The first-order valence-corrected chi connectivity index (χ1v) is 7.52. The molecule has 1 amide bonds. The smallest absolute Gasteiger partial charge is 0.251 e. The predicted molar refractivity (Wildman–Crippen MR) is 90.1 cm³/mol. The molecule has 1 aromatic carbocycles. The third kappa shape index (κ3) is 3.34. The largest absolute Gasteiger partial charge is 0.347 e. The summed E-state index contributed by atoms with van der Waals surface area (Å²) in [5.41, 5.74) is 2.25. The number of nitrogens with one attached hydrogen (secondary N) is 1. The number of carbonyl (C=O) groups excluding carboxylic acids is 1. The molecule has 0 unspecified atom stereocenters. The second kappa shape index (κ2) is 5.76. The number of amides is 1. The number of benzene rings is 1. The normalized spacial score (nSPS) is 11.4. The summed E-state index contributed by atoms with van der Waals surface area (Å²) in [6, 6.07) is 9.59. The van der Waals surface area contributed by atoms with Gasteiger partial charge in [0.2, 0.25) is 0 Å². The van der Waals surface area contributed by atoms with Gasteiger partial charge in [-0.05, 0) is 51.1 Å². The summed E-state index contributed by atoms with van der Waals surface area (Å²) in [6.45, 7) is 5.91. The second-order valence-corrected chi connectivity index (χ2v) is 6.47. The predicted octanol–water partition coefficient (Wildman–Crippen LogP) is 3.19. The standard InChI is InChI=1S/C18H20N4O/c1-18(2,3)20-17(23)14-6-7-15(22-11-8-19-13-22)16(12-14)21-9-4-5-10-21/h4-13H,1-3H3,(H,20,23). The van der Waals surface area contributed by atoms with Crippen LogP contribution in [-0.4, -0.2) is 25.6 Å². The van der Waals surface area contributed by atoms with Crippen LogP contribution in [-0.2, 0) is 0 Å². The van der Waals surface area contributed by atoms with Crippen molar-refractivity contribution >= 4 is 5.91 Å². The first-order valence-electron chi connectivity index (χ1n) is 7.52. The van der Waals surface area contributed by atoms with Gasteiger partial charge in [0.15, 0.2) is 0 Å². The van der Waals surface area contributed by atoms with Crippen molar-refractivity contribution in [2.75, 3.05) is 0 Å². The van der Waals surface area contributed by atoms with E-state index in [1.165, 1.54) is 0 Å². The zero-order valence-electron chi connectivity index (χ0n) is 13.5. The van der Waals surface area contributed by atoms with Crippen molar-refractivity contribution in [1.29, 1.82) is 0 Å². The molecule has 2 heterocycles. The van der Waals surface area contributed by atoms with Gasteiger partial charge in [0, 0.05) is 35.9 Å². The topological polar surface area (TPSA) is 51.9 Å². The van der Waals surface area contributed by atoms with Crippen LogP contribution in [0.5, 0.6) is 0 Å². The van der Waals surface area contributed by atoms with Crippen molar-refractivity contribution < 1.29 is 4.79 Å². The maximum absolute atomic E-state index is 12.4. The number of hydrogen-bond acceptors (Lipinski definition) is 2. The van der Waals surface area contributed by atoms with Gasteiger partial charge in [-0.3, -0.25) is 4.79 Å². The molecule has 0 aliphatic carbocycles. The maximum atomic E-state index is 12.4. The van der Waals surface area contributed by atoms with Gasteiger partial charge in [-0.1, -0.05) is 0 Å². The Balaban J connectivity index is 2.06. The van der Waals surface area contributed by atoms with E-state index in [0.717, 1.165) is 11.4 Å². The minimum absolute atomic E-state index is 0.0805. The Morgan fingerprint density at radius 2 is 1.78 bits per heavy atom. The third-order valence-corrected chi connectivity index (χ3v) is 3.39. The Morgan fingerprint density at radius 1 is 1.04 bits per heavy atom. The van der Waals surface area contributed by atoms with Crippen molar-refractivity contribution in [3.05, 3.63) is 67.0 Å². The zero-order valence-corrected chi connectivity index (χ0v) is 13.5. The highest BCUT2D eigenvalue weighted by atomic mass is 16.1. The second-order valence-electron chi connectivity index (χ2n) is 6.47. The Morgan fingerprint density at radius 3 is 2.39 bits per heavy atom. The molecule has 0 radical (unpaired) electrons. The maximum Gasteiger partial charge on any atom is 0.251 e. The van der Waals surface area contributed by atoms with Crippen molar-refractivity contribution in [3.8, 4) is 11.4 Å². The number of aromatic nitrogens is 3. The highest BCUT2D eigenvalue weighted by Gasteiger charge is 2.17. The average molecular weight is 308 g/mol. The molecule has 0 bridgehead atoms. The van der Waals surface area contributed by atoms with E-state index in [1.807, 2.05) is 78.8 Å². The molecule has 5 heteroatoms.